The van der Waals surface area contributed by atoms with Gasteiger partial charge in [-0.3, -0.25) is 4.79 Å². The van der Waals surface area contributed by atoms with E-state index in [0.717, 1.165) is 23.3 Å². The third-order valence-electron chi connectivity index (χ3n) is 3.15. The fourth-order valence-corrected chi connectivity index (χ4v) is 4.01. The zero-order chi connectivity index (χ0) is 15.6. The van der Waals surface area contributed by atoms with Gasteiger partial charge in [-0.25, -0.2) is 4.79 Å². The van der Waals surface area contributed by atoms with Crippen molar-refractivity contribution in [3.05, 3.63) is 37.9 Å². The van der Waals surface area contributed by atoms with Crippen molar-refractivity contribution < 1.29 is 14.7 Å². The molecule has 0 aliphatic rings. The van der Waals surface area contributed by atoms with Gasteiger partial charge in [0.25, 0.3) is 5.91 Å². The van der Waals surface area contributed by atoms with E-state index < -0.39 is 5.97 Å². The molecule has 0 bridgehead atoms. The molecule has 1 amide bonds. The second-order valence-corrected chi connectivity index (χ2v) is 6.91. The third kappa shape index (κ3) is 3.33. The Balaban J connectivity index is 2.26. The summed E-state index contributed by atoms with van der Waals surface area (Å²) in [5, 5.41) is 12.3. The number of carboxylic acid groups (broad SMARTS) is 1. The fraction of sp³-hybridized carbons (Fsp3) is 0.333. The average molecular weight is 323 g/mol. The van der Waals surface area contributed by atoms with Crippen LogP contribution >= 0.6 is 22.7 Å². The lowest BCUT2D eigenvalue weighted by Gasteiger charge is -2.01. The molecular weight excluding hydrogens is 306 g/mol. The van der Waals surface area contributed by atoms with Crippen LogP contribution in [0.2, 0.25) is 0 Å². The Kier molecular flexibility index (Phi) is 4.80. The van der Waals surface area contributed by atoms with Crippen molar-refractivity contribution in [1.82, 2.24) is 0 Å². The smallest absolute Gasteiger partial charge is 0.338 e. The summed E-state index contributed by atoms with van der Waals surface area (Å²) in [7, 11) is 0. The highest BCUT2D eigenvalue weighted by Crippen LogP contribution is 2.30. The van der Waals surface area contributed by atoms with Gasteiger partial charge in [0, 0.05) is 9.75 Å². The Morgan fingerprint density at radius 1 is 1.19 bits per heavy atom. The van der Waals surface area contributed by atoms with Gasteiger partial charge in [0.2, 0.25) is 0 Å². The minimum absolute atomic E-state index is 0.161. The van der Waals surface area contributed by atoms with E-state index >= 15 is 0 Å². The number of anilines is 1. The summed E-state index contributed by atoms with van der Waals surface area (Å²) < 4.78 is 0. The van der Waals surface area contributed by atoms with E-state index in [1.165, 1.54) is 27.6 Å². The predicted molar refractivity (Wildman–Crippen MR) is 87.0 cm³/mol. The fourth-order valence-electron chi connectivity index (χ4n) is 2.02. The maximum Gasteiger partial charge on any atom is 0.338 e. The lowest BCUT2D eigenvalue weighted by molar-refractivity contribution is 0.0698. The number of carbonyl (C=O) groups is 2. The number of hydrogen-bond donors (Lipinski definition) is 2. The highest BCUT2D eigenvalue weighted by Gasteiger charge is 2.19. The SMILES string of the molecule is CCc1cc(C(=O)O)c(NC(=O)c2cc(C)c(CC)s2)s1. The van der Waals surface area contributed by atoms with Crippen LogP contribution in [0.25, 0.3) is 0 Å². The second-order valence-electron chi connectivity index (χ2n) is 4.64. The van der Waals surface area contributed by atoms with E-state index in [9.17, 15) is 14.7 Å². The maximum absolute atomic E-state index is 12.3. The van der Waals surface area contributed by atoms with Crippen molar-refractivity contribution in [3.8, 4) is 0 Å². The van der Waals surface area contributed by atoms with E-state index in [4.69, 9.17) is 0 Å². The van der Waals surface area contributed by atoms with Gasteiger partial charge in [0.15, 0.2) is 0 Å². The number of carbonyl (C=O) groups excluding carboxylic acids is 1. The minimum Gasteiger partial charge on any atom is -0.478 e. The van der Waals surface area contributed by atoms with Crippen LogP contribution in [0.4, 0.5) is 5.00 Å². The first-order chi connectivity index (χ1) is 9.96. The summed E-state index contributed by atoms with van der Waals surface area (Å²) >= 11 is 2.78. The summed E-state index contributed by atoms with van der Waals surface area (Å²) in [6, 6.07) is 3.48. The van der Waals surface area contributed by atoms with Crippen LogP contribution in [-0.2, 0) is 12.8 Å². The van der Waals surface area contributed by atoms with Gasteiger partial charge in [0.1, 0.15) is 5.00 Å². The Morgan fingerprint density at radius 3 is 2.43 bits per heavy atom. The Labute approximate surface area is 131 Å². The van der Waals surface area contributed by atoms with Crippen molar-refractivity contribution in [3.63, 3.8) is 0 Å². The number of rotatable bonds is 5. The molecule has 6 heteroatoms. The average Bonchev–Trinajstić information content (AvgIpc) is 3.02. The van der Waals surface area contributed by atoms with Crippen molar-refractivity contribution in [2.45, 2.75) is 33.6 Å². The van der Waals surface area contributed by atoms with Gasteiger partial charge in [-0.05, 0) is 37.5 Å². The van der Waals surface area contributed by atoms with Gasteiger partial charge < -0.3 is 10.4 Å². The van der Waals surface area contributed by atoms with Crippen LogP contribution in [0, 0.1) is 6.92 Å². The lowest BCUT2D eigenvalue weighted by atomic mass is 10.2. The molecule has 0 aromatic carbocycles. The number of aryl methyl sites for hydroxylation is 3. The van der Waals surface area contributed by atoms with E-state index in [1.807, 2.05) is 19.9 Å². The summed E-state index contributed by atoms with van der Waals surface area (Å²) in [6.45, 7) is 5.99. The van der Waals surface area contributed by atoms with Crippen molar-refractivity contribution in [2.24, 2.45) is 0 Å². The lowest BCUT2D eigenvalue weighted by Crippen LogP contribution is -2.11. The van der Waals surface area contributed by atoms with Crippen molar-refractivity contribution in [1.29, 1.82) is 0 Å². The number of hydrogen-bond acceptors (Lipinski definition) is 4. The Bertz CT molecular complexity index is 685. The summed E-state index contributed by atoms with van der Waals surface area (Å²) in [5.41, 5.74) is 1.26. The zero-order valence-corrected chi connectivity index (χ0v) is 13.8. The van der Waals surface area contributed by atoms with E-state index in [2.05, 4.69) is 12.2 Å². The molecule has 2 heterocycles. The Hall–Kier alpha value is -1.66. The monoisotopic (exact) mass is 323 g/mol. The molecule has 0 fully saturated rings. The number of aromatic carboxylic acids is 1. The van der Waals surface area contributed by atoms with Crippen LogP contribution in [0.1, 0.15) is 49.2 Å². The molecule has 2 N–H and O–H groups in total. The number of thiophene rings is 2. The molecule has 0 atom stereocenters. The topological polar surface area (TPSA) is 66.4 Å². The van der Waals surface area contributed by atoms with Crippen molar-refractivity contribution in [2.75, 3.05) is 5.32 Å². The quantitative estimate of drug-likeness (QED) is 0.867. The summed E-state index contributed by atoms with van der Waals surface area (Å²) in [5.74, 6) is -1.26. The Morgan fingerprint density at radius 2 is 1.90 bits per heavy atom. The highest BCUT2D eigenvalue weighted by atomic mass is 32.1. The first kappa shape index (κ1) is 15.7. The van der Waals surface area contributed by atoms with Crippen LogP contribution in [0.15, 0.2) is 12.1 Å². The summed E-state index contributed by atoms with van der Waals surface area (Å²) in [4.78, 5) is 26.3. The molecular formula is C15H17NO3S2. The summed E-state index contributed by atoms with van der Waals surface area (Å²) in [6.07, 6.45) is 1.64. The van der Waals surface area contributed by atoms with Crippen LogP contribution in [0.5, 0.6) is 0 Å². The first-order valence-electron chi connectivity index (χ1n) is 6.72. The van der Waals surface area contributed by atoms with E-state index in [0.29, 0.717) is 9.88 Å². The normalized spacial score (nSPS) is 10.6. The van der Waals surface area contributed by atoms with E-state index in [1.54, 1.807) is 6.07 Å². The molecule has 112 valence electrons. The molecule has 2 rings (SSSR count). The largest absolute Gasteiger partial charge is 0.478 e. The maximum atomic E-state index is 12.3. The molecule has 2 aromatic rings. The van der Waals surface area contributed by atoms with Crippen LogP contribution in [-0.4, -0.2) is 17.0 Å². The molecule has 0 aliphatic carbocycles. The molecule has 0 aliphatic heterocycles. The standard InChI is InChI=1S/C15H17NO3S2/c1-4-9-7-10(15(18)19)14(20-9)16-13(17)12-6-8(3)11(5-2)21-12/h6-7H,4-5H2,1-3H3,(H,16,17)(H,18,19). The van der Waals surface area contributed by atoms with Crippen LogP contribution < -0.4 is 5.32 Å². The third-order valence-corrected chi connectivity index (χ3v) is 5.73. The van der Waals surface area contributed by atoms with Crippen molar-refractivity contribution >= 4 is 39.6 Å². The molecule has 0 radical (unpaired) electrons. The molecule has 4 nitrogen and oxygen atoms in total. The molecule has 0 unspecified atom stereocenters. The first-order valence-corrected chi connectivity index (χ1v) is 8.36. The minimum atomic E-state index is -1.02. The predicted octanol–water partition coefficient (Wildman–Crippen LogP) is 4.19. The van der Waals surface area contributed by atoms with Gasteiger partial charge in [0.05, 0.1) is 10.4 Å². The van der Waals surface area contributed by atoms with Gasteiger partial charge >= 0.3 is 5.97 Å². The number of carboxylic acids is 1. The van der Waals surface area contributed by atoms with Crippen LogP contribution in [0.3, 0.4) is 0 Å². The molecule has 0 saturated heterocycles. The van der Waals surface area contributed by atoms with Gasteiger partial charge in [-0.15, -0.1) is 22.7 Å². The zero-order valence-electron chi connectivity index (χ0n) is 12.1. The molecule has 21 heavy (non-hydrogen) atoms. The number of nitrogens with one attached hydrogen (secondary N) is 1. The molecule has 2 aromatic heterocycles. The highest BCUT2D eigenvalue weighted by molar-refractivity contribution is 7.17. The van der Waals surface area contributed by atoms with Gasteiger partial charge in [-0.2, -0.15) is 0 Å². The number of amides is 1. The van der Waals surface area contributed by atoms with Gasteiger partial charge in [-0.1, -0.05) is 13.8 Å². The second kappa shape index (κ2) is 6.41. The van der Waals surface area contributed by atoms with E-state index in [-0.39, 0.29) is 11.5 Å². The molecule has 0 saturated carbocycles. The molecule has 0 spiro atoms.